The predicted octanol–water partition coefficient (Wildman–Crippen LogP) is 4.62. The Morgan fingerprint density at radius 1 is 1.14 bits per heavy atom. The predicted molar refractivity (Wildman–Crippen MR) is 85.2 cm³/mol. The van der Waals surface area contributed by atoms with Crippen LogP contribution < -0.4 is 5.32 Å². The number of carboxylic acid groups (broad SMARTS) is 1. The van der Waals surface area contributed by atoms with Gasteiger partial charge in [-0.3, -0.25) is 4.79 Å². The number of aryl methyl sites for hydroxylation is 1. The highest BCUT2D eigenvalue weighted by Gasteiger charge is 2.21. The maximum Gasteiger partial charge on any atom is 0.338 e. The van der Waals surface area contributed by atoms with Crippen LogP contribution in [0, 0.1) is 13.8 Å². The second kappa shape index (κ2) is 6.05. The largest absolute Gasteiger partial charge is 0.478 e. The number of carbonyl (C=O) groups is 2. The van der Waals surface area contributed by atoms with Crippen LogP contribution in [0.15, 0.2) is 18.2 Å². The fraction of sp³-hybridized carbons (Fsp3) is 0.143. The zero-order valence-corrected chi connectivity index (χ0v) is 13.5. The molecule has 1 amide bonds. The summed E-state index contributed by atoms with van der Waals surface area (Å²) in [5, 5.41) is 12.8. The zero-order chi connectivity index (χ0) is 15.7. The Labute approximate surface area is 135 Å². The average Bonchev–Trinajstić information content (AvgIpc) is 2.63. The first-order valence-corrected chi connectivity index (χ1v) is 7.47. The van der Waals surface area contributed by atoms with Gasteiger partial charge in [0.1, 0.15) is 5.00 Å². The second-order valence-corrected chi connectivity index (χ2v) is 6.50. The zero-order valence-electron chi connectivity index (χ0n) is 11.2. The minimum Gasteiger partial charge on any atom is -0.478 e. The van der Waals surface area contributed by atoms with Gasteiger partial charge in [0, 0.05) is 20.5 Å². The Balaban J connectivity index is 2.36. The lowest BCUT2D eigenvalue weighted by Crippen LogP contribution is -2.13. The van der Waals surface area contributed by atoms with E-state index < -0.39 is 11.9 Å². The minimum absolute atomic E-state index is 0.110. The molecule has 1 aromatic heterocycles. The molecular weight excluding hydrogens is 333 g/mol. The molecule has 0 atom stereocenters. The number of anilines is 1. The summed E-state index contributed by atoms with van der Waals surface area (Å²) < 4.78 is 0. The van der Waals surface area contributed by atoms with Crippen molar-refractivity contribution in [2.75, 3.05) is 5.32 Å². The lowest BCUT2D eigenvalue weighted by Gasteiger charge is -2.06. The number of aromatic carboxylic acids is 1. The van der Waals surface area contributed by atoms with Gasteiger partial charge in [0.2, 0.25) is 0 Å². The van der Waals surface area contributed by atoms with Crippen molar-refractivity contribution in [1.29, 1.82) is 0 Å². The molecule has 0 spiro atoms. The number of benzene rings is 1. The van der Waals surface area contributed by atoms with E-state index >= 15 is 0 Å². The molecule has 0 aliphatic carbocycles. The molecular formula is C14H11Cl2NO3S. The molecule has 0 aliphatic rings. The third-order valence-electron chi connectivity index (χ3n) is 2.95. The summed E-state index contributed by atoms with van der Waals surface area (Å²) in [4.78, 5) is 24.3. The number of halogens is 2. The molecule has 2 aromatic rings. The molecule has 0 bridgehead atoms. The summed E-state index contributed by atoms with van der Waals surface area (Å²) in [6.07, 6.45) is 0. The van der Waals surface area contributed by atoms with Gasteiger partial charge in [0.15, 0.2) is 0 Å². The molecule has 0 unspecified atom stereocenters. The van der Waals surface area contributed by atoms with Crippen LogP contribution in [0.2, 0.25) is 10.0 Å². The van der Waals surface area contributed by atoms with Crippen LogP contribution in [0.4, 0.5) is 5.00 Å². The summed E-state index contributed by atoms with van der Waals surface area (Å²) in [5.74, 6) is -1.53. The first kappa shape index (κ1) is 15.8. The van der Waals surface area contributed by atoms with Gasteiger partial charge in [-0.05, 0) is 37.6 Å². The molecule has 1 aromatic carbocycles. The van der Waals surface area contributed by atoms with Crippen molar-refractivity contribution in [3.8, 4) is 0 Å². The van der Waals surface area contributed by atoms with E-state index in [4.69, 9.17) is 23.2 Å². The highest BCUT2D eigenvalue weighted by atomic mass is 35.5. The lowest BCUT2D eigenvalue weighted by atomic mass is 10.1. The molecule has 0 radical (unpaired) electrons. The summed E-state index contributed by atoms with van der Waals surface area (Å²) >= 11 is 12.9. The van der Waals surface area contributed by atoms with Crippen molar-refractivity contribution in [2.45, 2.75) is 13.8 Å². The summed E-state index contributed by atoms with van der Waals surface area (Å²) in [7, 11) is 0. The molecule has 2 N–H and O–H groups in total. The highest BCUT2D eigenvalue weighted by Crippen LogP contribution is 2.33. The average molecular weight is 344 g/mol. The number of nitrogens with one attached hydrogen (secondary N) is 1. The Kier molecular flexibility index (Phi) is 4.56. The van der Waals surface area contributed by atoms with Gasteiger partial charge in [-0.25, -0.2) is 4.79 Å². The Morgan fingerprint density at radius 3 is 2.24 bits per heavy atom. The van der Waals surface area contributed by atoms with Gasteiger partial charge in [-0.2, -0.15) is 0 Å². The van der Waals surface area contributed by atoms with Gasteiger partial charge < -0.3 is 10.4 Å². The first-order chi connectivity index (χ1) is 9.79. The van der Waals surface area contributed by atoms with E-state index in [1.807, 2.05) is 0 Å². The molecule has 0 aliphatic heterocycles. The second-order valence-electron chi connectivity index (χ2n) is 4.40. The standard InChI is InChI=1S/C14H11Cl2NO3S/c1-6-7(2)21-13(11(6)14(19)20)17-12(18)8-3-9(15)5-10(16)4-8/h3-5H,1-2H3,(H,17,18)(H,19,20). The topological polar surface area (TPSA) is 66.4 Å². The monoisotopic (exact) mass is 343 g/mol. The van der Waals surface area contributed by atoms with Crippen molar-refractivity contribution in [1.82, 2.24) is 0 Å². The number of hydrogen-bond donors (Lipinski definition) is 2. The van der Waals surface area contributed by atoms with Gasteiger partial charge in [-0.1, -0.05) is 23.2 Å². The number of carbonyl (C=O) groups excluding carboxylic acids is 1. The molecule has 0 saturated heterocycles. The number of hydrogen-bond acceptors (Lipinski definition) is 3. The van der Waals surface area contributed by atoms with E-state index in [0.29, 0.717) is 20.6 Å². The van der Waals surface area contributed by atoms with E-state index in [9.17, 15) is 14.7 Å². The third kappa shape index (κ3) is 3.37. The minimum atomic E-state index is -1.07. The molecule has 7 heteroatoms. The van der Waals surface area contributed by atoms with Gasteiger partial charge in [0.05, 0.1) is 5.56 Å². The van der Waals surface area contributed by atoms with Crippen molar-refractivity contribution in [3.63, 3.8) is 0 Å². The van der Waals surface area contributed by atoms with Crippen LogP contribution in [-0.4, -0.2) is 17.0 Å². The summed E-state index contributed by atoms with van der Waals surface area (Å²) in [6, 6.07) is 4.45. The Hall–Kier alpha value is -1.56. The molecule has 0 saturated carbocycles. The maximum absolute atomic E-state index is 12.2. The fourth-order valence-electron chi connectivity index (χ4n) is 1.83. The quantitative estimate of drug-likeness (QED) is 0.854. The van der Waals surface area contributed by atoms with Crippen LogP contribution in [0.25, 0.3) is 0 Å². The van der Waals surface area contributed by atoms with Crippen LogP contribution in [0.5, 0.6) is 0 Å². The van der Waals surface area contributed by atoms with Crippen molar-refractivity contribution in [3.05, 3.63) is 49.8 Å². The van der Waals surface area contributed by atoms with E-state index in [2.05, 4.69) is 5.32 Å². The lowest BCUT2D eigenvalue weighted by molar-refractivity contribution is 0.0697. The number of rotatable bonds is 3. The molecule has 110 valence electrons. The van der Waals surface area contributed by atoms with Gasteiger partial charge in [0.25, 0.3) is 5.91 Å². The van der Waals surface area contributed by atoms with Gasteiger partial charge in [-0.15, -0.1) is 11.3 Å². The van der Waals surface area contributed by atoms with Crippen molar-refractivity contribution in [2.24, 2.45) is 0 Å². The normalized spacial score (nSPS) is 10.5. The van der Waals surface area contributed by atoms with E-state index in [1.54, 1.807) is 13.8 Å². The van der Waals surface area contributed by atoms with E-state index in [-0.39, 0.29) is 11.1 Å². The van der Waals surface area contributed by atoms with Crippen LogP contribution in [-0.2, 0) is 0 Å². The van der Waals surface area contributed by atoms with Crippen molar-refractivity contribution < 1.29 is 14.7 Å². The molecule has 2 rings (SSSR count). The molecule has 21 heavy (non-hydrogen) atoms. The maximum atomic E-state index is 12.2. The Bertz CT molecular complexity index is 720. The summed E-state index contributed by atoms with van der Waals surface area (Å²) in [6.45, 7) is 3.51. The van der Waals surface area contributed by atoms with Crippen LogP contribution in [0.1, 0.15) is 31.2 Å². The van der Waals surface area contributed by atoms with E-state index in [1.165, 1.54) is 29.5 Å². The van der Waals surface area contributed by atoms with Gasteiger partial charge >= 0.3 is 5.97 Å². The molecule has 4 nitrogen and oxygen atoms in total. The highest BCUT2D eigenvalue weighted by molar-refractivity contribution is 7.16. The van der Waals surface area contributed by atoms with Crippen molar-refractivity contribution >= 4 is 51.4 Å². The van der Waals surface area contributed by atoms with Crippen LogP contribution in [0.3, 0.4) is 0 Å². The number of thiophene rings is 1. The Morgan fingerprint density at radius 2 is 1.71 bits per heavy atom. The fourth-order valence-corrected chi connectivity index (χ4v) is 3.41. The molecule has 1 heterocycles. The summed E-state index contributed by atoms with van der Waals surface area (Å²) in [5.41, 5.74) is 1.03. The SMILES string of the molecule is Cc1sc(NC(=O)c2cc(Cl)cc(Cl)c2)c(C(=O)O)c1C. The third-order valence-corrected chi connectivity index (χ3v) is 4.51. The number of carboxylic acids is 1. The first-order valence-electron chi connectivity index (χ1n) is 5.90. The number of amides is 1. The molecule has 0 fully saturated rings. The van der Waals surface area contributed by atoms with Crippen LogP contribution >= 0.6 is 34.5 Å². The van der Waals surface area contributed by atoms with E-state index in [0.717, 1.165) is 4.88 Å². The smallest absolute Gasteiger partial charge is 0.338 e.